The smallest absolute Gasteiger partial charge is 0.407 e. The molecule has 0 saturated carbocycles. The van der Waals surface area contributed by atoms with Gasteiger partial charge in [0.25, 0.3) is 0 Å². The molecular weight excluding hydrogens is 711 g/mol. The van der Waals surface area contributed by atoms with Crippen molar-refractivity contribution in [2.24, 2.45) is 11.8 Å². The molecule has 3 aliphatic heterocycles. The summed E-state index contributed by atoms with van der Waals surface area (Å²) in [4.78, 5) is 59.9. The summed E-state index contributed by atoms with van der Waals surface area (Å²) in [5, 5.41) is 4.75. The molecule has 2 fully saturated rings. The van der Waals surface area contributed by atoms with Crippen LogP contribution in [0.3, 0.4) is 0 Å². The molecule has 0 bridgehead atoms. The number of amides is 3. The van der Waals surface area contributed by atoms with E-state index in [9.17, 15) is 14.4 Å². The van der Waals surface area contributed by atoms with Gasteiger partial charge in [-0.25, -0.2) is 14.8 Å². The van der Waals surface area contributed by atoms with E-state index in [-0.39, 0.29) is 41.8 Å². The number of hydrogen-bond donors (Lipinski definition) is 3. The Balaban J connectivity index is 1.06. The molecule has 0 radical (unpaired) electrons. The summed E-state index contributed by atoms with van der Waals surface area (Å²) in [6.07, 6.45) is 4.98. The fourth-order valence-electron chi connectivity index (χ4n) is 8.94. The summed E-state index contributed by atoms with van der Waals surface area (Å²) in [5.74, 6) is 2.50. The number of alkyl carbamates (subject to hydrolysis) is 1. The van der Waals surface area contributed by atoms with Crippen LogP contribution in [-0.2, 0) is 25.7 Å². The summed E-state index contributed by atoms with van der Waals surface area (Å²) in [6.45, 7) is 9.62. The van der Waals surface area contributed by atoms with Crippen molar-refractivity contribution in [2.75, 3.05) is 27.4 Å². The summed E-state index contributed by atoms with van der Waals surface area (Å²) in [6, 6.07) is 13.7. The van der Waals surface area contributed by atoms with E-state index < -0.39 is 12.1 Å². The van der Waals surface area contributed by atoms with Crippen LogP contribution in [0.25, 0.3) is 44.2 Å². The minimum absolute atomic E-state index is 0.0118. The lowest BCUT2D eigenvalue weighted by molar-refractivity contribution is -0.137. The van der Waals surface area contributed by atoms with Gasteiger partial charge in [-0.1, -0.05) is 39.0 Å². The highest BCUT2D eigenvalue weighted by Gasteiger charge is 2.41. The monoisotopic (exact) mass is 761 g/mol. The van der Waals surface area contributed by atoms with Gasteiger partial charge in [0.15, 0.2) is 0 Å². The van der Waals surface area contributed by atoms with Gasteiger partial charge in [-0.3, -0.25) is 9.59 Å². The van der Waals surface area contributed by atoms with Crippen molar-refractivity contribution in [3.05, 3.63) is 65.9 Å². The molecule has 5 aromatic rings. The van der Waals surface area contributed by atoms with Gasteiger partial charge >= 0.3 is 6.09 Å². The maximum absolute atomic E-state index is 13.9. The maximum Gasteiger partial charge on any atom is 0.407 e. The number of H-pyrrole nitrogens is 2. The number of rotatable bonds is 10. The molecule has 8 rings (SSSR count). The quantitative estimate of drug-likeness (QED) is 0.133. The average Bonchev–Trinajstić information content (AvgIpc) is 4.01. The Labute approximate surface area is 326 Å². The van der Waals surface area contributed by atoms with E-state index in [0.717, 1.165) is 92.8 Å². The first kappa shape index (κ1) is 37.5. The molecule has 0 aliphatic carbocycles. The Bertz CT molecular complexity index is 2300. The molecular formula is C43H51N7O6. The van der Waals surface area contributed by atoms with Crippen LogP contribution in [0.15, 0.2) is 48.7 Å². The molecule has 3 N–H and O–H groups in total. The molecule has 3 aromatic carbocycles. The van der Waals surface area contributed by atoms with E-state index in [2.05, 4.69) is 51.7 Å². The standard InChI is InChI=1S/C43H51N7O6/c1-7-8-37(51)49-20-25(21-54-5)15-35(49)40-44-19-33(46-40)27-10-12-29-28(16-27)22-56-36-18-30-26(17-31(29)36)11-13-32-39(30)47-41(45-32)34-14-9-24(4)50(34)42(52)38(23(2)3)48-43(53)55-6/h10-13,16-19,23-25,34-35,38H,7-9,14-15,20-22H2,1-6H3,(H,44,46)(H,45,47)(H,48,53)/t24?,25-,34-,35?,38-/m0/s1. The highest BCUT2D eigenvalue weighted by molar-refractivity contribution is 6.07. The minimum Gasteiger partial charge on any atom is -0.488 e. The summed E-state index contributed by atoms with van der Waals surface area (Å²) in [7, 11) is 3.01. The topological polar surface area (TPSA) is 155 Å². The Morgan fingerprint density at radius 2 is 1.86 bits per heavy atom. The molecule has 2 saturated heterocycles. The first-order valence-corrected chi connectivity index (χ1v) is 19.8. The maximum atomic E-state index is 13.9. The van der Waals surface area contributed by atoms with Crippen molar-refractivity contribution in [3.63, 3.8) is 0 Å². The number of nitrogens with one attached hydrogen (secondary N) is 3. The van der Waals surface area contributed by atoms with Gasteiger partial charge < -0.3 is 39.3 Å². The largest absolute Gasteiger partial charge is 0.488 e. The number of aromatic amines is 2. The molecule has 3 aliphatic rings. The molecule has 3 amide bonds. The van der Waals surface area contributed by atoms with Gasteiger partial charge in [0.05, 0.1) is 48.7 Å². The molecule has 294 valence electrons. The first-order chi connectivity index (χ1) is 27.1. The average molecular weight is 762 g/mol. The van der Waals surface area contributed by atoms with E-state index >= 15 is 0 Å². The van der Waals surface area contributed by atoms with Crippen molar-refractivity contribution in [1.29, 1.82) is 0 Å². The summed E-state index contributed by atoms with van der Waals surface area (Å²) >= 11 is 0. The third-order valence-corrected chi connectivity index (χ3v) is 11.8. The van der Waals surface area contributed by atoms with Crippen LogP contribution in [0.4, 0.5) is 4.79 Å². The second-order valence-electron chi connectivity index (χ2n) is 15.9. The highest BCUT2D eigenvalue weighted by Crippen LogP contribution is 2.44. The van der Waals surface area contributed by atoms with Crippen LogP contribution >= 0.6 is 0 Å². The summed E-state index contributed by atoms with van der Waals surface area (Å²) < 4.78 is 16.7. The van der Waals surface area contributed by atoms with Crippen molar-refractivity contribution < 1.29 is 28.6 Å². The van der Waals surface area contributed by atoms with Crippen molar-refractivity contribution in [3.8, 4) is 28.1 Å². The first-order valence-electron chi connectivity index (χ1n) is 19.8. The molecule has 2 aromatic heterocycles. The van der Waals surface area contributed by atoms with E-state index in [0.29, 0.717) is 26.2 Å². The molecule has 5 heterocycles. The second kappa shape index (κ2) is 15.2. The van der Waals surface area contributed by atoms with Crippen LogP contribution in [0, 0.1) is 11.8 Å². The van der Waals surface area contributed by atoms with Crippen LogP contribution in [0.2, 0.25) is 0 Å². The summed E-state index contributed by atoms with van der Waals surface area (Å²) in [5.41, 5.74) is 6.83. The van der Waals surface area contributed by atoms with Crippen LogP contribution in [0.5, 0.6) is 5.75 Å². The molecule has 13 heteroatoms. The SMILES string of the molecule is CCCC(=O)N1C[C@@H](COC)CC1c1ncc(-c2ccc3c(c2)COc2cc4c(ccc5[nH]c([C@@H]6CCC(C)N6C(=O)[C@@H](NC(=O)OC)C(C)C)nc54)cc2-3)[nH]1. The number of methoxy groups -OCH3 is 2. The van der Waals surface area contributed by atoms with Gasteiger partial charge in [0, 0.05) is 43.0 Å². The predicted molar refractivity (Wildman–Crippen MR) is 213 cm³/mol. The lowest BCUT2D eigenvalue weighted by Crippen LogP contribution is -2.52. The fraction of sp³-hybridized carbons (Fsp3) is 0.465. The normalized spacial score (nSPS) is 21.0. The number of hydrogen-bond acceptors (Lipinski definition) is 8. The van der Waals surface area contributed by atoms with Gasteiger partial charge in [-0.2, -0.15) is 0 Å². The predicted octanol–water partition coefficient (Wildman–Crippen LogP) is 7.43. The zero-order chi connectivity index (χ0) is 39.2. The van der Waals surface area contributed by atoms with E-state index in [1.807, 2.05) is 49.8 Å². The van der Waals surface area contributed by atoms with Crippen molar-refractivity contribution >= 4 is 39.7 Å². The Morgan fingerprint density at radius 3 is 2.62 bits per heavy atom. The molecule has 56 heavy (non-hydrogen) atoms. The van der Waals surface area contributed by atoms with Crippen LogP contribution < -0.4 is 10.1 Å². The lowest BCUT2D eigenvalue weighted by Gasteiger charge is -2.32. The number of nitrogens with zero attached hydrogens (tertiary/aromatic N) is 4. The van der Waals surface area contributed by atoms with Gasteiger partial charge in [0.2, 0.25) is 11.8 Å². The highest BCUT2D eigenvalue weighted by atomic mass is 16.5. The Hall–Kier alpha value is -5.43. The number of benzene rings is 3. The van der Waals surface area contributed by atoms with Crippen molar-refractivity contribution in [2.45, 2.75) is 90.6 Å². The van der Waals surface area contributed by atoms with E-state index in [4.69, 9.17) is 24.2 Å². The molecule has 13 nitrogen and oxygen atoms in total. The number of carbonyl (C=O) groups is 3. The number of likely N-dealkylation sites (tertiary alicyclic amines) is 2. The van der Waals surface area contributed by atoms with E-state index in [1.165, 1.54) is 7.11 Å². The lowest BCUT2D eigenvalue weighted by atomic mass is 9.92. The number of imidazole rings is 2. The van der Waals surface area contributed by atoms with Gasteiger partial charge in [-0.05, 0) is 84.9 Å². The minimum atomic E-state index is -0.713. The second-order valence-corrected chi connectivity index (χ2v) is 15.9. The zero-order valence-electron chi connectivity index (χ0n) is 33.0. The Morgan fingerprint density at radius 1 is 1.02 bits per heavy atom. The number of fused-ring (bicyclic) bond motifs is 6. The molecule has 2 unspecified atom stereocenters. The van der Waals surface area contributed by atoms with Gasteiger partial charge in [-0.15, -0.1) is 0 Å². The number of ether oxygens (including phenoxy) is 3. The van der Waals surface area contributed by atoms with Crippen molar-refractivity contribution in [1.82, 2.24) is 35.1 Å². The van der Waals surface area contributed by atoms with Crippen LogP contribution in [0.1, 0.15) is 89.1 Å². The molecule has 5 atom stereocenters. The van der Waals surface area contributed by atoms with E-state index in [1.54, 1.807) is 7.11 Å². The third kappa shape index (κ3) is 6.75. The fourth-order valence-corrected chi connectivity index (χ4v) is 8.94. The number of carbonyl (C=O) groups excluding carboxylic acids is 3. The van der Waals surface area contributed by atoms with Crippen LogP contribution in [-0.4, -0.2) is 87.1 Å². The molecule has 0 spiro atoms. The third-order valence-electron chi connectivity index (χ3n) is 11.8. The van der Waals surface area contributed by atoms with Gasteiger partial charge in [0.1, 0.15) is 30.0 Å². The number of aromatic nitrogens is 4. The Kier molecular flexibility index (Phi) is 10.2. The zero-order valence-corrected chi connectivity index (χ0v) is 33.0.